The lowest BCUT2D eigenvalue weighted by Gasteiger charge is -2.16. The summed E-state index contributed by atoms with van der Waals surface area (Å²) >= 11 is 0. The van der Waals surface area contributed by atoms with Gasteiger partial charge in [0.1, 0.15) is 0 Å². The lowest BCUT2D eigenvalue weighted by atomic mass is 10.1. The zero-order chi connectivity index (χ0) is 13.4. The third-order valence-corrected chi connectivity index (χ3v) is 3.18. The van der Waals surface area contributed by atoms with Crippen molar-refractivity contribution >= 4 is 12.0 Å². The summed E-state index contributed by atoms with van der Waals surface area (Å²) in [5.74, 6) is -1.26. The van der Waals surface area contributed by atoms with Crippen molar-refractivity contribution in [2.45, 2.75) is 57.1 Å². The highest BCUT2D eigenvalue weighted by atomic mass is 16.4. The van der Waals surface area contributed by atoms with Crippen molar-refractivity contribution in [1.82, 2.24) is 10.6 Å². The van der Waals surface area contributed by atoms with Gasteiger partial charge in [-0.3, -0.25) is 0 Å². The van der Waals surface area contributed by atoms with Crippen molar-refractivity contribution < 1.29 is 19.8 Å². The van der Waals surface area contributed by atoms with Crippen LogP contribution in [0.2, 0.25) is 0 Å². The standard InChI is InChI=1S/C12H22N2O4/c15-10(11(16)17)7-8-13-12(18)14-9-5-3-1-2-4-6-9/h9-10,15H,1-8H2,(H,16,17)(H2,13,14,18)/t10-/m0/s1. The minimum absolute atomic E-state index is 0.0212. The summed E-state index contributed by atoms with van der Waals surface area (Å²) in [5.41, 5.74) is 0. The molecule has 0 saturated heterocycles. The molecule has 0 unspecified atom stereocenters. The molecule has 0 bridgehead atoms. The Balaban J connectivity index is 2.14. The molecule has 4 N–H and O–H groups in total. The van der Waals surface area contributed by atoms with E-state index >= 15 is 0 Å². The fourth-order valence-electron chi connectivity index (χ4n) is 2.11. The highest BCUT2D eigenvalue weighted by molar-refractivity contribution is 5.74. The van der Waals surface area contributed by atoms with Gasteiger partial charge in [0.25, 0.3) is 0 Å². The SMILES string of the molecule is O=C(NCC[C@H](O)C(=O)O)NC1CCCCCC1. The fraction of sp³-hybridized carbons (Fsp3) is 0.833. The number of urea groups is 1. The van der Waals surface area contributed by atoms with Crippen LogP contribution in [0.4, 0.5) is 4.79 Å². The van der Waals surface area contributed by atoms with Crippen molar-refractivity contribution in [2.75, 3.05) is 6.54 Å². The molecule has 1 atom stereocenters. The second-order valence-electron chi connectivity index (χ2n) is 4.73. The highest BCUT2D eigenvalue weighted by Gasteiger charge is 2.16. The Morgan fingerprint density at radius 3 is 2.33 bits per heavy atom. The Kier molecular flexibility index (Phi) is 6.49. The van der Waals surface area contributed by atoms with Crippen LogP contribution in [0.25, 0.3) is 0 Å². The smallest absolute Gasteiger partial charge is 0.332 e. The molecule has 0 aromatic rings. The number of carbonyl (C=O) groups is 2. The minimum Gasteiger partial charge on any atom is -0.479 e. The van der Waals surface area contributed by atoms with Crippen LogP contribution in [0.5, 0.6) is 0 Å². The van der Waals surface area contributed by atoms with E-state index in [1.54, 1.807) is 0 Å². The molecule has 18 heavy (non-hydrogen) atoms. The molecule has 0 radical (unpaired) electrons. The number of amides is 2. The average Bonchev–Trinajstić information content (AvgIpc) is 2.57. The van der Waals surface area contributed by atoms with Crippen LogP contribution in [-0.2, 0) is 4.79 Å². The molecule has 1 fully saturated rings. The number of carbonyl (C=O) groups excluding carboxylic acids is 1. The zero-order valence-electron chi connectivity index (χ0n) is 10.5. The van der Waals surface area contributed by atoms with Crippen LogP contribution in [0.1, 0.15) is 44.9 Å². The van der Waals surface area contributed by atoms with E-state index in [2.05, 4.69) is 10.6 Å². The van der Waals surface area contributed by atoms with E-state index in [1.807, 2.05) is 0 Å². The lowest BCUT2D eigenvalue weighted by molar-refractivity contribution is -0.146. The molecular formula is C12H22N2O4. The van der Waals surface area contributed by atoms with E-state index in [4.69, 9.17) is 10.2 Å². The number of aliphatic carboxylic acids is 1. The van der Waals surface area contributed by atoms with E-state index in [9.17, 15) is 9.59 Å². The van der Waals surface area contributed by atoms with Gasteiger partial charge < -0.3 is 20.8 Å². The first-order chi connectivity index (χ1) is 8.59. The van der Waals surface area contributed by atoms with Crippen molar-refractivity contribution in [1.29, 1.82) is 0 Å². The number of rotatable bonds is 5. The van der Waals surface area contributed by atoms with Gasteiger partial charge in [0.15, 0.2) is 6.10 Å². The molecule has 0 heterocycles. The number of hydrogen-bond acceptors (Lipinski definition) is 3. The second kappa shape index (κ2) is 7.92. The number of nitrogens with one attached hydrogen (secondary N) is 2. The topological polar surface area (TPSA) is 98.7 Å². The predicted octanol–water partition coefficient (Wildman–Crippen LogP) is 0.844. The van der Waals surface area contributed by atoms with Gasteiger partial charge in [0, 0.05) is 19.0 Å². The molecule has 0 aromatic carbocycles. The third-order valence-electron chi connectivity index (χ3n) is 3.18. The van der Waals surface area contributed by atoms with Crippen molar-refractivity contribution in [3.05, 3.63) is 0 Å². The molecule has 6 heteroatoms. The Hall–Kier alpha value is -1.30. The van der Waals surface area contributed by atoms with Crippen LogP contribution >= 0.6 is 0 Å². The molecular weight excluding hydrogens is 236 g/mol. The Morgan fingerprint density at radius 2 is 1.78 bits per heavy atom. The summed E-state index contributed by atoms with van der Waals surface area (Å²) in [6.45, 7) is 0.159. The molecule has 1 saturated carbocycles. The monoisotopic (exact) mass is 258 g/mol. The second-order valence-corrected chi connectivity index (χ2v) is 4.73. The van der Waals surface area contributed by atoms with Crippen molar-refractivity contribution in [3.8, 4) is 0 Å². The summed E-state index contributed by atoms with van der Waals surface area (Å²) < 4.78 is 0. The van der Waals surface area contributed by atoms with Gasteiger partial charge in [0.2, 0.25) is 0 Å². The lowest BCUT2D eigenvalue weighted by Crippen LogP contribution is -2.43. The molecule has 0 aromatic heterocycles. The van der Waals surface area contributed by atoms with Gasteiger partial charge in [-0.05, 0) is 12.8 Å². The summed E-state index contributed by atoms with van der Waals surface area (Å²) in [6.07, 6.45) is 5.35. The Morgan fingerprint density at radius 1 is 1.17 bits per heavy atom. The number of carboxylic acid groups (broad SMARTS) is 1. The summed E-state index contributed by atoms with van der Waals surface area (Å²) in [4.78, 5) is 21.9. The molecule has 0 spiro atoms. The third kappa shape index (κ3) is 5.86. The molecule has 1 rings (SSSR count). The number of aliphatic hydroxyl groups is 1. The minimum atomic E-state index is -1.41. The first-order valence-electron chi connectivity index (χ1n) is 6.55. The first-order valence-corrected chi connectivity index (χ1v) is 6.55. The fourth-order valence-corrected chi connectivity index (χ4v) is 2.11. The molecule has 2 amide bonds. The Labute approximate surface area is 107 Å². The van der Waals surface area contributed by atoms with E-state index in [-0.39, 0.29) is 25.0 Å². The maximum absolute atomic E-state index is 11.5. The van der Waals surface area contributed by atoms with Crippen LogP contribution in [0, 0.1) is 0 Å². The highest BCUT2D eigenvalue weighted by Crippen LogP contribution is 2.16. The van der Waals surface area contributed by atoms with Crippen molar-refractivity contribution in [3.63, 3.8) is 0 Å². The van der Waals surface area contributed by atoms with Crippen LogP contribution in [-0.4, -0.2) is 40.9 Å². The molecule has 1 aliphatic rings. The number of aliphatic hydroxyl groups excluding tert-OH is 1. The maximum atomic E-state index is 11.5. The molecule has 1 aliphatic carbocycles. The van der Waals surface area contributed by atoms with Gasteiger partial charge in [-0.25, -0.2) is 9.59 Å². The van der Waals surface area contributed by atoms with Gasteiger partial charge >= 0.3 is 12.0 Å². The summed E-state index contributed by atoms with van der Waals surface area (Å²) in [7, 11) is 0. The van der Waals surface area contributed by atoms with E-state index in [0.717, 1.165) is 25.7 Å². The average molecular weight is 258 g/mol. The largest absolute Gasteiger partial charge is 0.479 e. The van der Waals surface area contributed by atoms with Crippen LogP contribution < -0.4 is 10.6 Å². The van der Waals surface area contributed by atoms with Gasteiger partial charge in [0.05, 0.1) is 0 Å². The predicted molar refractivity (Wildman–Crippen MR) is 66.3 cm³/mol. The first kappa shape index (κ1) is 14.8. The number of carboxylic acids is 1. The normalized spacial score (nSPS) is 18.7. The summed E-state index contributed by atoms with van der Waals surface area (Å²) in [6, 6.07) is -0.0589. The van der Waals surface area contributed by atoms with Crippen LogP contribution in [0.15, 0.2) is 0 Å². The quantitative estimate of drug-likeness (QED) is 0.549. The molecule has 6 nitrogen and oxygen atoms in total. The molecule has 0 aliphatic heterocycles. The van der Waals surface area contributed by atoms with Crippen LogP contribution in [0.3, 0.4) is 0 Å². The maximum Gasteiger partial charge on any atom is 0.332 e. The van der Waals surface area contributed by atoms with E-state index < -0.39 is 12.1 Å². The van der Waals surface area contributed by atoms with Crippen molar-refractivity contribution in [2.24, 2.45) is 0 Å². The van der Waals surface area contributed by atoms with Gasteiger partial charge in [-0.2, -0.15) is 0 Å². The summed E-state index contributed by atoms with van der Waals surface area (Å²) in [5, 5.41) is 22.9. The Bertz CT molecular complexity index is 275. The molecule has 104 valence electrons. The number of hydrogen-bond donors (Lipinski definition) is 4. The van der Waals surface area contributed by atoms with E-state index in [0.29, 0.717) is 0 Å². The zero-order valence-corrected chi connectivity index (χ0v) is 10.5. The van der Waals surface area contributed by atoms with E-state index in [1.165, 1.54) is 12.8 Å². The van der Waals surface area contributed by atoms with Gasteiger partial charge in [-0.15, -0.1) is 0 Å². The van der Waals surface area contributed by atoms with Gasteiger partial charge in [-0.1, -0.05) is 25.7 Å².